The van der Waals surface area contributed by atoms with Gasteiger partial charge < -0.3 is 14.8 Å². The van der Waals surface area contributed by atoms with Crippen LogP contribution in [0.15, 0.2) is 30.5 Å². The zero-order valence-corrected chi connectivity index (χ0v) is 11.9. The largest absolute Gasteiger partial charge is 0.488 e. The minimum atomic E-state index is -1.45. The summed E-state index contributed by atoms with van der Waals surface area (Å²) in [6, 6.07) is 7.34. The van der Waals surface area contributed by atoms with Gasteiger partial charge in [0.25, 0.3) is 0 Å². The molecule has 1 aromatic carbocycles. The van der Waals surface area contributed by atoms with Crippen LogP contribution in [0.1, 0.15) is 31.1 Å². The first-order chi connectivity index (χ1) is 9.47. The predicted molar refractivity (Wildman–Crippen MR) is 77.9 cm³/mol. The summed E-state index contributed by atoms with van der Waals surface area (Å²) in [5, 5.41) is 22.6. The first-order valence-corrected chi connectivity index (χ1v) is 6.61. The molecule has 0 fully saturated rings. The molecular weight excluding hydrogens is 255 g/mol. The predicted octanol–water partition coefficient (Wildman–Crippen LogP) is 1.03. The monoisotopic (exact) mass is 274 g/mol. The Balaban J connectivity index is 2.03. The van der Waals surface area contributed by atoms with E-state index in [1.165, 1.54) is 0 Å². The van der Waals surface area contributed by atoms with E-state index in [0.29, 0.717) is 23.9 Å². The molecule has 0 aliphatic heterocycles. The van der Waals surface area contributed by atoms with Gasteiger partial charge in [-0.15, -0.1) is 0 Å². The number of rotatable bonds is 5. The Morgan fingerprint density at radius 2 is 2.05 bits per heavy atom. The van der Waals surface area contributed by atoms with E-state index in [1.54, 1.807) is 18.2 Å². The van der Waals surface area contributed by atoms with Crippen LogP contribution in [0.2, 0.25) is 0 Å². The third-order valence-corrected chi connectivity index (χ3v) is 3.07. The van der Waals surface area contributed by atoms with E-state index < -0.39 is 7.12 Å². The maximum atomic E-state index is 9.10. The molecule has 0 spiro atoms. The lowest BCUT2D eigenvalue weighted by Gasteiger charge is -2.09. The molecule has 0 unspecified atom stereocenters. The number of nitrogens with zero attached hydrogens (tertiary/aromatic N) is 2. The highest BCUT2D eigenvalue weighted by Gasteiger charge is 2.12. The van der Waals surface area contributed by atoms with E-state index in [2.05, 4.69) is 18.9 Å². The van der Waals surface area contributed by atoms with Crippen molar-refractivity contribution in [1.82, 2.24) is 9.78 Å². The van der Waals surface area contributed by atoms with Gasteiger partial charge in [-0.3, -0.25) is 4.68 Å². The molecule has 106 valence electrons. The Labute approximate surface area is 119 Å². The summed E-state index contributed by atoms with van der Waals surface area (Å²) in [6.45, 7) is 6.40. The summed E-state index contributed by atoms with van der Waals surface area (Å²) in [5.74, 6) is 0.716. The summed E-state index contributed by atoms with van der Waals surface area (Å²) in [6.07, 6.45) is 1.93. The van der Waals surface area contributed by atoms with E-state index in [-0.39, 0.29) is 0 Å². The SMILES string of the molecule is Cc1cc(B(O)O)ccc1OCc1ccn(C(C)C)n1. The number of hydrogen-bond acceptors (Lipinski definition) is 4. The first kappa shape index (κ1) is 14.6. The fourth-order valence-corrected chi connectivity index (χ4v) is 1.89. The van der Waals surface area contributed by atoms with Gasteiger partial charge in [-0.2, -0.15) is 5.10 Å². The lowest BCUT2D eigenvalue weighted by Crippen LogP contribution is -2.29. The van der Waals surface area contributed by atoms with Crippen LogP contribution >= 0.6 is 0 Å². The molecule has 20 heavy (non-hydrogen) atoms. The molecule has 1 heterocycles. The third kappa shape index (κ3) is 3.40. The van der Waals surface area contributed by atoms with Gasteiger partial charge in [0.1, 0.15) is 12.4 Å². The summed E-state index contributed by atoms with van der Waals surface area (Å²) >= 11 is 0. The van der Waals surface area contributed by atoms with Gasteiger partial charge in [-0.25, -0.2) is 0 Å². The quantitative estimate of drug-likeness (QED) is 0.799. The first-order valence-electron chi connectivity index (χ1n) is 6.61. The second kappa shape index (κ2) is 6.11. The van der Waals surface area contributed by atoms with Crippen molar-refractivity contribution in [3.63, 3.8) is 0 Å². The Hall–Kier alpha value is -1.79. The third-order valence-electron chi connectivity index (χ3n) is 3.07. The molecule has 6 heteroatoms. The summed E-state index contributed by atoms with van der Waals surface area (Å²) < 4.78 is 7.60. The van der Waals surface area contributed by atoms with Crippen molar-refractivity contribution >= 4 is 12.6 Å². The summed E-state index contributed by atoms with van der Waals surface area (Å²) in [4.78, 5) is 0. The Morgan fingerprint density at radius 3 is 2.60 bits per heavy atom. The van der Waals surface area contributed by atoms with Crippen molar-refractivity contribution in [2.75, 3.05) is 0 Å². The van der Waals surface area contributed by atoms with Crippen LogP contribution in [0.3, 0.4) is 0 Å². The topological polar surface area (TPSA) is 67.5 Å². The fraction of sp³-hybridized carbons (Fsp3) is 0.357. The minimum absolute atomic E-state index is 0.329. The molecule has 0 saturated heterocycles. The standard InChI is InChI=1S/C14H19BN2O3/c1-10(2)17-7-6-13(16-17)9-20-14-5-4-12(15(18)19)8-11(14)3/h4-8,10,18-19H,9H2,1-3H3. The average Bonchev–Trinajstić information content (AvgIpc) is 2.86. The summed E-state index contributed by atoms with van der Waals surface area (Å²) in [7, 11) is -1.45. The minimum Gasteiger partial charge on any atom is -0.487 e. The average molecular weight is 274 g/mol. The number of aromatic nitrogens is 2. The fourth-order valence-electron chi connectivity index (χ4n) is 1.89. The molecule has 5 nitrogen and oxygen atoms in total. The Kier molecular flexibility index (Phi) is 4.47. The number of aryl methyl sites for hydroxylation is 1. The van der Waals surface area contributed by atoms with Gasteiger partial charge in [-0.1, -0.05) is 12.1 Å². The molecule has 1 aromatic heterocycles. The van der Waals surface area contributed by atoms with Crippen molar-refractivity contribution in [3.05, 3.63) is 41.7 Å². The maximum Gasteiger partial charge on any atom is 0.488 e. The Bertz CT molecular complexity index is 582. The van der Waals surface area contributed by atoms with Crippen molar-refractivity contribution in [2.45, 2.75) is 33.4 Å². The van der Waals surface area contributed by atoms with Crippen LogP contribution in [0.5, 0.6) is 5.75 Å². The molecule has 0 amide bonds. The van der Waals surface area contributed by atoms with E-state index >= 15 is 0 Å². The lowest BCUT2D eigenvalue weighted by molar-refractivity contribution is 0.296. The molecule has 0 aliphatic carbocycles. The van der Waals surface area contributed by atoms with Crippen LogP contribution in [0, 0.1) is 6.92 Å². The molecule has 2 aromatic rings. The second-order valence-corrected chi connectivity index (χ2v) is 5.07. The van der Waals surface area contributed by atoms with Gasteiger partial charge in [0, 0.05) is 12.2 Å². The smallest absolute Gasteiger partial charge is 0.487 e. The molecule has 0 bridgehead atoms. The van der Waals surface area contributed by atoms with Crippen molar-refractivity contribution in [2.24, 2.45) is 0 Å². The van der Waals surface area contributed by atoms with Crippen LogP contribution in [-0.2, 0) is 6.61 Å². The van der Waals surface area contributed by atoms with Gasteiger partial charge >= 0.3 is 7.12 Å². The van der Waals surface area contributed by atoms with Gasteiger partial charge in [0.05, 0.1) is 5.69 Å². The number of benzene rings is 1. The molecule has 2 N–H and O–H groups in total. The van der Waals surface area contributed by atoms with Crippen molar-refractivity contribution in [1.29, 1.82) is 0 Å². The van der Waals surface area contributed by atoms with E-state index in [0.717, 1.165) is 11.3 Å². The van der Waals surface area contributed by atoms with E-state index in [9.17, 15) is 0 Å². The van der Waals surface area contributed by atoms with E-state index in [4.69, 9.17) is 14.8 Å². The molecular formula is C14H19BN2O3. The molecule has 0 atom stereocenters. The van der Waals surface area contributed by atoms with Crippen molar-refractivity contribution < 1.29 is 14.8 Å². The maximum absolute atomic E-state index is 9.10. The highest BCUT2D eigenvalue weighted by molar-refractivity contribution is 6.58. The van der Waals surface area contributed by atoms with Crippen LogP contribution in [0.25, 0.3) is 0 Å². The highest BCUT2D eigenvalue weighted by Crippen LogP contribution is 2.17. The van der Waals surface area contributed by atoms with Gasteiger partial charge in [0.2, 0.25) is 0 Å². The second-order valence-electron chi connectivity index (χ2n) is 5.07. The van der Waals surface area contributed by atoms with Crippen LogP contribution < -0.4 is 10.2 Å². The van der Waals surface area contributed by atoms with Gasteiger partial charge in [0.15, 0.2) is 0 Å². The summed E-state index contributed by atoms with van der Waals surface area (Å²) in [5.41, 5.74) is 2.18. The molecule has 2 rings (SSSR count). The zero-order valence-electron chi connectivity index (χ0n) is 11.9. The van der Waals surface area contributed by atoms with Crippen LogP contribution in [-0.4, -0.2) is 26.9 Å². The number of hydrogen-bond donors (Lipinski definition) is 2. The lowest BCUT2D eigenvalue weighted by atomic mass is 9.79. The molecule has 0 aliphatic rings. The Morgan fingerprint density at radius 1 is 1.30 bits per heavy atom. The zero-order chi connectivity index (χ0) is 14.7. The highest BCUT2D eigenvalue weighted by atomic mass is 16.5. The van der Waals surface area contributed by atoms with E-state index in [1.807, 2.05) is 23.9 Å². The van der Waals surface area contributed by atoms with Crippen molar-refractivity contribution in [3.8, 4) is 5.75 Å². The van der Waals surface area contributed by atoms with Gasteiger partial charge in [-0.05, 0) is 43.9 Å². The molecule has 0 radical (unpaired) electrons. The number of ether oxygens (including phenoxy) is 1. The molecule has 0 saturated carbocycles. The van der Waals surface area contributed by atoms with Crippen LogP contribution in [0.4, 0.5) is 0 Å². The normalized spacial score (nSPS) is 10.9.